The van der Waals surface area contributed by atoms with Crippen molar-refractivity contribution in [3.63, 3.8) is 0 Å². The Bertz CT molecular complexity index is 403. The Hall–Kier alpha value is -1.34. The molecule has 1 aliphatic heterocycles. The number of rotatable bonds is 9. The number of hydrogen-bond donors (Lipinski definition) is 2. The number of hydrogen-bond acceptors (Lipinski definition) is 4. The molecular formula is C17H33N3O4. The van der Waals surface area contributed by atoms with Crippen LogP contribution in [0.4, 0.5) is 4.79 Å². The van der Waals surface area contributed by atoms with Crippen LogP contribution in [0.3, 0.4) is 0 Å². The average Bonchev–Trinajstić information content (AvgIpc) is 2.46. The fourth-order valence-electron chi connectivity index (χ4n) is 2.86. The first-order chi connectivity index (χ1) is 11.3. The molecule has 1 aliphatic rings. The van der Waals surface area contributed by atoms with Gasteiger partial charge in [-0.15, -0.1) is 0 Å². The number of carbonyl (C=O) groups excluding carboxylic acids is 1. The van der Waals surface area contributed by atoms with Gasteiger partial charge in [0.1, 0.15) is 0 Å². The van der Waals surface area contributed by atoms with Crippen LogP contribution in [0.2, 0.25) is 0 Å². The third-order valence-electron chi connectivity index (χ3n) is 4.13. The quantitative estimate of drug-likeness (QED) is 0.665. The summed E-state index contributed by atoms with van der Waals surface area (Å²) < 4.78 is 5.65. The van der Waals surface area contributed by atoms with Gasteiger partial charge in [0.15, 0.2) is 0 Å². The molecule has 0 aromatic heterocycles. The van der Waals surface area contributed by atoms with E-state index in [-0.39, 0.29) is 24.7 Å². The highest BCUT2D eigenvalue weighted by molar-refractivity contribution is 5.74. The molecule has 1 rings (SSSR count). The molecule has 7 nitrogen and oxygen atoms in total. The molecular weight excluding hydrogens is 310 g/mol. The van der Waals surface area contributed by atoms with E-state index < -0.39 is 5.97 Å². The van der Waals surface area contributed by atoms with Crippen molar-refractivity contribution in [1.29, 1.82) is 0 Å². The maximum atomic E-state index is 12.4. The molecule has 0 aliphatic carbocycles. The number of morpholine rings is 1. The summed E-state index contributed by atoms with van der Waals surface area (Å²) in [6.07, 6.45) is 3.13. The maximum absolute atomic E-state index is 12.4. The number of aliphatic carboxylic acids is 1. The number of carboxylic acids is 1. The van der Waals surface area contributed by atoms with E-state index in [1.807, 2.05) is 6.92 Å². The minimum atomic E-state index is -0.863. The highest BCUT2D eigenvalue weighted by Gasteiger charge is 2.26. The lowest BCUT2D eigenvalue weighted by atomic mass is 10.0. The Balaban J connectivity index is 2.34. The van der Waals surface area contributed by atoms with E-state index in [0.717, 1.165) is 12.8 Å². The molecule has 0 radical (unpaired) electrons. The first-order valence-corrected chi connectivity index (χ1v) is 8.85. The third kappa shape index (κ3) is 8.49. The average molecular weight is 343 g/mol. The Morgan fingerprint density at radius 2 is 2.04 bits per heavy atom. The zero-order chi connectivity index (χ0) is 18.1. The van der Waals surface area contributed by atoms with Crippen molar-refractivity contribution in [2.45, 2.75) is 52.2 Å². The zero-order valence-corrected chi connectivity index (χ0v) is 15.5. The van der Waals surface area contributed by atoms with E-state index in [1.54, 1.807) is 16.8 Å². The van der Waals surface area contributed by atoms with Gasteiger partial charge < -0.3 is 20.1 Å². The maximum Gasteiger partial charge on any atom is 0.317 e. The van der Waals surface area contributed by atoms with Crippen LogP contribution in [0, 0.1) is 5.92 Å². The SMILES string of the molecule is CC(C)CCCC(C)NC(=O)N1CCOC(CN(C)CC(=O)O)C1. The van der Waals surface area contributed by atoms with E-state index >= 15 is 0 Å². The summed E-state index contributed by atoms with van der Waals surface area (Å²) in [7, 11) is 1.74. The molecule has 0 aromatic carbocycles. The normalized spacial score (nSPS) is 19.6. The molecule has 0 aromatic rings. The smallest absolute Gasteiger partial charge is 0.317 e. The summed E-state index contributed by atoms with van der Waals surface area (Å²) in [5, 5.41) is 11.9. The highest BCUT2D eigenvalue weighted by atomic mass is 16.5. The van der Waals surface area contributed by atoms with Gasteiger partial charge in [-0.1, -0.05) is 26.7 Å². The number of amides is 2. The number of nitrogens with one attached hydrogen (secondary N) is 1. The molecule has 2 atom stereocenters. The van der Waals surface area contributed by atoms with Crippen molar-refractivity contribution in [3.8, 4) is 0 Å². The number of likely N-dealkylation sites (N-methyl/N-ethyl adjacent to an activating group) is 1. The summed E-state index contributed by atoms with van der Waals surface area (Å²) in [5.41, 5.74) is 0. The number of urea groups is 1. The van der Waals surface area contributed by atoms with Gasteiger partial charge in [0.25, 0.3) is 0 Å². The minimum Gasteiger partial charge on any atom is -0.480 e. The molecule has 0 bridgehead atoms. The van der Waals surface area contributed by atoms with Gasteiger partial charge >= 0.3 is 12.0 Å². The van der Waals surface area contributed by atoms with Crippen molar-refractivity contribution in [1.82, 2.24) is 15.1 Å². The van der Waals surface area contributed by atoms with Crippen LogP contribution in [0.15, 0.2) is 0 Å². The first kappa shape index (κ1) is 20.7. The highest BCUT2D eigenvalue weighted by Crippen LogP contribution is 2.10. The summed E-state index contributed by atoms with van der Waals surface area (Å²) in [4.78, 5) is 26.5. The van der Waals surface area contributed by atoms with E-state index in [4.69, 9.17) is 9.84 Å². The molecule has 1 saturated heterocycles. The van der Waals surface area contributed by atoms with Gasteiger partial charge in [-0.25, -0.2) is 4.79 Å². The van der Waals surface area contributed by atoms with Crippen LogP contribution in [0.25, 0.3) is 0 Å². The Morgan fingerprint density at radius 3 is 2.67 bits per heavy atom. The van der Waals surface area contributed by atoms with Gasteiger partial charge in [-0.2, -0.15) is 0 Å². The topological polar surface area (TPSA) is 82.1 Å². The van der Waals surface area contributed by atoms with Gasteiger partial charge in [-0.3, -0.25) is 9.69 Å². The molecule has 0 spiro atoms. The lowest BCUT2D eigenvalue weighted by Gasteiger charge is -2.35. The Labute approximate surface area is 145 Å². The van der Waals surface area contributed by atoms with Crippen LogP contribution in [0.1, 0.15) is 40.0 Å². The number of carbonyl (C=O) groups is 2. The largest absolute Gasteiger partial charge is 0.480 e. The summed E-state index contributed by atoms with van der Waals surface area (Å²) in [6.45, 7) is 8.48. The monoisotopic (exact) mass is 343 g/mol. The summed E-state index contributed by atoms with van der Waals surface area (Å²) in [5.74, 6) is -0.172. The number of nitrogens with zero attached hydrogens (tertiary/aromatic N) is 2. The van der Waals surface area contributed by atoms with E-state index in [9.17, 15) is 9.59 Å². The van der Waals surface area contributed by atoms with Crippen molar-refractivity contribution in [3.05, 3.63) is 0 Å². The van der Waals surface area contributed by atoms with E-state index in [2.05, 4.69) is 19.2 Å². The van der Waals surface area contributed by atoms with Gasteiger partial charge in [0.05, 0.1) is 19.3 Å². The molecule has 1 fully saturated rings. The zero-order valence-electron chi connectivity index (χ0n) is 15.5. The van der Waals surface area contributed by atoms with Crippen LogP contribution in [-0.2, 0) is 9.53 Å². The predicted octanol–water partition coefficient (Wildman–Crippen LogP) is 1.63. The fraction of sp³-hybridized carbons (Fsp3) is 0.882. The number of ether oxygens (including phenoxy) is 1. The molecule has 2 unspecified atom stereocenters. The second kappa shape index (κ2) is 10.5. The Morgan fingerprint density at radius 1 is 1.33 bits per heavy atom. The summed E-state index contributed by atoms with van der Waals surface area (Å²) in [6, 6.07) is 0.105. The van der Waals surface area contributed by atoms with Crippen LogP contribution in [-0.4, -0.2) is 78.9 Å². The number of carboxylic acid groups (broad SMARTS) is 1. The molecule has 140 valence electrons. The minimum absolute atomic E-state index is 0.0288. The van der Waals surface area contributed by atoms with Gasteiger partial charge in [0.2, 0.25) is 0 Å². The summed E-state index contributed by atoms with van der Waals surface area (Å²) >= 11 is 0. The second-order valence-corrected chi connectivity index (χ2v) is 7.20. The van der Waals surface area contributed by atoms with E-state index in [0.29, 0.717) is 32.2 Å². The molecule has 0 saturated carbocycles. The molecule has 1 heterocycles. The predicted molar refractivity (Wildman–Crippen MR) is 93.1 cm³/mol. The first-order valence-electron chi connectivity index (χ1n) is 8.85. The van der Waals surface area contributed by atoms with Crippen molar-refractivity contribution in [2.75, 3.05) is 39.8 Å². The van der Waals surface area contributed by atoms with Crippen molar-refractivity contribution in [2.24, 2.45) is 5.92 Å². The Kier molecular flexibility index (Phi) is 9.07. The molecule has 2 amide bonds. The fourth-order valence-corrected chi connectivity index (χ4v) is 2.86. The standard InChI is InChI=1S/C17H33N3O4/c1-13(2)6-5-7-14(3)18-17(23)20-8-9-24-15(11-20)10-19(4)12-16(21)22/h13-15H,5-12H2,1-4H3,(H,18,23)(H,21,22). The molecule has 2 N–H and O–H groups in total. The lowest BCUT2D eigenvalue weighted by molar-refractivity contribution is -0.138. The van der Waals surface area contributed by atoms with Crippen LogP contribution < -0.4 is 5.32 Å². The van der Waals surface area contributed by atoms with Crippen molar-refractivity contribution >= 4 is 12.0 Å². The molecule has 7 heteroatoms. The van der Waals surface area contributed by atoms with Crippen LogP contribution in [0.5, 0.6) is 0 Å². The second-order valence-electron chi connectivity index (χ2n) is 7.20. The molecule has 24 heavy (non-hydrogen) atoms. The van der Waals surface area contributed by atoms with Gasteiger partial charge in [0, 0.05) is 25.7 Å². The van der Waals surface area contributed by atoms with E-state index in [1.165, 1.54) is 6.42 Å². The third-order valence-corrected chi connectivity index (χ3v) is 4.13. The lowest BCUT2D eigenvalue weighted by Crippen LogP contribution is -2.53. The van der Waals surface area contributed by atoms with Crippen molar-refractivity contribution < 1.29 is 19.4 Å². The van der Waals surface area contributed by atoms with Crippen LogP contribution >= 0.6 is 0 Å². The van der Waals surface area contributed by atoms with Gasteiger partial charge in [-0.05, 0) is 26.3 Å².